The quantitative estimate of drug-likeness (QED) is 0.843. The average Bonchev–Trinajstić information content (AvgIpc) is 3.01. The summed E-state index contributed by atoms with van der Waals surface area (Å²) in [5.41, 5.74) is 1.09. The lowest BCUT2D eigenvalue weighted by atomic mass is 10.1. The van der Waals surface area contributed by atoms with Gasteiger partial charge in [0.25, 0.3) is 5.91 Å². The summed E-state index contributed by atoms with van der Waals surface area (Å²) in [6.45, 7) is 3.12. The lowest BCUT2D eigenvalue weighted by molar-refractivity contribution is -0.0697. The third-order valence-corrected chi connectivity index (χ3v) is 3.45. The van der Waals surface area contributed by atoms with Crippen LogP contribution in [0.25, 0.3) is 0 Å². The average molecular weight is 271 g/mol. The number of hydrogen-bond donors (Lipinski definition) is 0. The first kappa shape index (κ1) is 12.9. The van der Waals surface area contributed by atoms with E-state index < -0.39 is 0 Å². The number of furan rings is 1. The van der Waals surface area contributed by atoms with Gasteiger partial charge in [0.2, 0.25) is 0 Å². The number of benzene rings is 1. The number of carbonyl (C=O) groups is 1. The maximum Gasteiger partial charge on any atom is 0.289 e. The second kappa shape index (κ2) is 5.51. The zero-order valence-electron chi connectivity index (χ0n) is 11.4. The molecule has 1 aromatic heterocycles. The Balaban J connectivity index is 1.78. The summed E-state index contributed by atoms with van der Waals surface area (Å²) in [5, 5.41) is 0. The van der Waals surface area contributed by atoms with Crippen LogP contribution in [0.3, 0.4) is 0 Å². The van der Waals surface area contributed by atoms with Crippen LogP contribution >= 0.6 is 0 Å². The van der Waals surface area contributed by atoms with Gasteiger partial charge >= 0.3 is 0 Å². The van der Waals surface area contributed by atoms with Crippen LogP contribution in [0.5, 0.6) is 0 Å². The molecule has 0 spiro atoms. The number of ether oxygens (including phenoxy) is 1. The topological polar surface area (TPSA) is 42.7 Å². The van der Waals surface area contributed by atoms with Gasteiger partial charge in [0.05, 0.1) is 18.9 Å². The van der Waals surface area contributed by atoms with Crippen molar-refractivity contribution >= 4 is 5.91 Å². The SMILES string of the molecule is CC1CN(C(=O)c2ccco2)CC(c2ccccc2)O1. The van der Waals surface area contributed by atoms with E-state index >= 15 is 0 Å². The molecular weight excluding hydrogens is 254 g/mol. The molecule has 1 aromatic carbocycles. The van der Waals surface area contributed by atoms with Gasteiger partial charge in [-0.3, -0.25) is 4.79 Å². The molecule has 104 valence electrons. The Bertz CT molecular complexity index is 565. The van der Waals surface area contributed by atoms with Gasteiger partial charge in [-0.05, 0) is 24.6 Å². The smallest absolute Gasteiger partial charge is 0.289 e. The van der Waals surface area contributed by atoms with E-state index in [1.807, 2.05) is 37.3 Å². The molecule has 0 bridgehead atoms. The maximum absolute atomic E-state index is 12.4. The van der Waals surface area contributed by atoms with Gasteiger partial charge in [-0.1, -0.05) is 30.3 Å². The van der Waals surface area contributed by atoms with Crippen LogP contribution in [0, 0.1) is 0 Å². The number of rotatable bonds is 2. The molecule has 0 saturated carbocycles. The van der Waals surface area contributed by atoms with Crippen molar-refractivity contribution in [2.75, 3.05) is 13.1 Å². The lowest BCUT2D eigenvalue weighted by Gasteiger charge is -2.36. The molecule has 20 heavy (non-hydrogen) atoms. The van der Waals surface area contributed by atoms with Gasteiger partial charge in [0.1, 0.15) is 6.10 Å². The summed E-state index contributed by atoms with van der Waals surface area (Å²) in [7, 11) is 0. The first-order valence-corrected chi connectivity index (χ1v) is 6.77. The molecule has 2 atom stereocenters. The molecule has 2 aromatic rings. The summed E-state index contributed by atoms with van der Waals surface area (Å²) in [6, 6.07) is 13.4. The number of nitrogens with zero attached hydrogens (tertiary/aromatic N) is 1. The van der Waals surface area contributed by atoms with E-state index in [1.54, 1.807) is 17.0 Å². The van der Waals surface area contributed by atoms with Gasteiger partial charge in [-0.15, -0.1) is 0 Å². The van der Waals surface area contributed by atoms with Crippen LogP contribution in [0.2, 0.25) is 0 Å². The molecular formula is C16H17NO3. The molecule has 1 aliphatic heterocycles. The predicted octanol–water partition coefficient (Wildman–Crippen LogP) is 2.88. The van der Waals surface area contributed by atoms with Crippen molar-refractivity contribution in [3.8, 4) is 0 Å². The fourth-order valence-corrected chi connectivity index (χ4v) is 2.53. The standard InChI is InChI=1S/C16H17NO3/c1-12-10-17(16(18)14-8-5-9-19-14)11-15(20-12)13-6-3-2-4-7-13/h2-9,12,15H,10-11H2,1H3. The van der Waals surface area contributed by atoms with Crippen molar-refractivity contribution in [2.45, 2.75) is 19.1 Å². The summed E-state index contributed by atoms with van der Waals surface area (Å²) in [4.78, 5) is 14.2. The van der Waals surface area contributed by atoms with E-state index in [-0.39, 0.29) is 18.1 Å². The first-order valence-electron chi connectivity index (χ1n) is 6.77. The number of hydrogen-bond acceptors (Lipinski definition) is 3. The number of carbonyl (C=O) groups excluding carboxylic acids is 1. The first-order chi connectivity index (χ1) is 9.74. The van der Waals surface area contributed by atoms with Crippen molar-refractivity contribution in [3.63, 3.8) is 0 Å². The summed E-state index contributed by atoms with van der Waals surface area (Å²) < 4.78 is 11.1. The summed E-state index contributed by atoms with van der Waals surface area (Å²) >= 11 is 0. The Hall–Kier alpha value is -2.07. The zero-order valence-corrected chi connectivity index (χ0v) is 11.4. The van der Waals surface area contributed by atoms with Crippen LogP contribution in [0.4, 0.5) is 0 Å². The highest BCUT2D eigenvalue weighted by molar-refractivity contribution is 5.91. The van der Waals surface area contributed by atoms with Crippen LogP contribution in [-0.2, 0) is 4.74 Å². The molecule has 4 heteroatoms. The third-order valence-electron chi connectivity index (χ3n) is 3.45. The lowest BCUT2D eigenvalue weighted by Crippen LogP contribution is -2.45. The predicted molar refractivity (Wildman–Crippen MR) is 74.3 cm³/mol. The van der Waals surface area contributed by atoms with Crippen molar-refractivity contribution in [3.05, 3.63) is 60.1 Å². The van der Waals surface area contributed by atoms with E-state index in [4.69, 9.17) is 9.15 Å². The second-order valence-electron chi connectivity index (χ2n) is 5.03. The van der Waals surface area contributed by atoms with E-state index in [0.717, 1.165) is 5.56 Å². The Morgan fingerprint density at radius 1 is 1.15 bits per heavy atom. The molecule has 1 saturated heterocycles. The monoisotopic (exact) mass is 271 g/mol. The molecule has 4 nitrogen and oxygen atoms in total. The molecule has 1 amide bonds. The molecule has 0 aliphatic carbocycles. The summed E-state index contributed by atoms with van der Waals surface area (Å²) in [6.07, 6.45) is 1.44. The highest BCUT2D eigenvalue weighted by Gasteiger charge is 2.30. The van der Waals surface area contributed by atoms with Gasteiger partial charge in [-0.25, -0.2) is 0 Å². The normalized spacial score (nSPS) is 22.8. The van der Waals surface area contributed by atoms with Crippen molar-refractivity contribution in [1.82, 2.24) is 4.90 Å². The van der Waals surface area contributed by atoms with Crippen LogP contribution in [0.15, 0.2) is 53.1 Å². The minimum atomic E-state index is -0.0844. The Labute approximate surface area is 118 Å². The van der Waals surface area contributed by atoms with E-state index in [9.17, 15) is 4.79 Å². The van der Waals surface area contributed by atoms with E-state index in [0.29, 0.717) is 18.8 Å². The van der Waals surface area contributed by atoms with Gasteiger partial charge < -0.3 is 14.1 Å². The second-order valence-corrected chi connectivity index (χ2v) is 5.03. The fraction of sp³-hybridized carbons (Fsp3) is 0.312. The Morgan fingerprint density at radius 3 is 2.65 bits per heavy atom. The molecule has 1 aliphatic rings. The molecule has 3 rings (SSSR count). The zero-order chi connectivity index (χ0) is 13.9. The third kappa shape index (κ3) is 2.60. The van der Waals surface area contributed by atoms with Crippen LogP contribution < -0.4 is 0 Å². The van der Waals surface area contributed by atoms with Gasteiger partial charge in [0.15, 0.2) is 5.76 Å². The van der Waals surface area contributed by atoms with Crippen LogP contribution in [-0.4, -0.2) is 30.0 Å². The van der Waals surface area contributed by atoms with Crippen molar-refractivity contribution in [1.29, 1.82) is 0 Å². The highest BCUT2D eigenvalue weighted by atomic mass is 16.5. The molecule has 0 N–H and O–H groups in total. The maximum atomic E-state index is 12.4. The largest absolute Gasteiger partial charge is 0.459 e. The van der Waals surface area contributed by atoms with Gasteiger partial charge in [0, 0.05) is 6.54 Å². The minimum Gasteiger partial charge on any atom is -0.459 e. The van der Waals surface area contributed by atoms with Crippen LogP contribution in [0.1, 0.15) is 29.1 Å². The fourth-order valence-electron chi connectivity index (χ4n) is 2.53. The summed E-state index contributed by atoms with van der Waals surface area (Å²) in [5.74, 6) is 0.303. The Morgan fingerprint density at radius 2 is 1.95 bits per heavy atom. The Kier molecular flexibility index (Phi) is 3.56. The number of amides is 1. The van der Waals surface area contributed by atoms with E-state index in [1.165, 1.54) is 6.26 Å². The molecule has 1 fully saturated rings. The van der Waals surface area contributed by atoms with Crippen molar-refractivity contribution < 1.29 is 13.9 Å². The van der Waals surface area contributed by atoms with Gasteiger partial charge in [-0.2, -0.15) is 0 Å². The molecule has 0 radical (unpaired) electrons. The number of morpholine rings is 1. The van der Waals surface area contributed by atoms with Crippen molar-refractivity contribution in [2.24, 2.45) is 0 Å². The minimum absolute atomic E-state index is 0.00729. The molecule has 2 heterocycles. The van der Waals surface area contributed by atoms with E-state index in [2.05, 4.69) is 0 Å². The highest BCUT2D eigenvalue weighted by Crippen LogP contribution is 2.26. The molecule has 2 unspecified atom stereocenters.